The predicted molar refractivity (Wildman–Crippen MR) is 142 cm³/mol. The summed E-state index contributed by atoms with van der Waals surface area (Å²) in [7, 11) is 3.54. The molecule has 1 aliphatic carbocycles. The van der Waals surface area contributed by atoms with Gasteiger partial charge in [-0.05, 0) is 67.9 Å². The lowest BCUT2D eigenvalue weighted by atomic mass is 9.71. The molecule has 0 bridgehead atoms. The molecule has 2 aliphatic heterocycles. The number of hydrogen-bond acceptors (Lipinski definition) is 4. The van der Waals surface area contributed by atoms with Gasteiger partial charge in [0.25, 0.3) is 11.8 Å². The number of benzene rings is 1. The van der Waals surface area contributed by atoms with Gasteiger partial charge in [-0.3, -0.25) is 19.3 Å². The summed E-state index contributed by atoms with van der Waals surface area (Å²) < 4.78 is 2.24. The van der Waals surface area contributed by atoms with E-state index in [-0.39, 0.29) is 23.3 Å². The zero-order valence-electron chi connectivity index (χ0n) is 22.3. The van der Waals surface area contributed by atoms with Crippen molar-refractivity contribution in [1.82, 2.24) is 24.6 Å². The molecule has 8 heteroatoms. The fourth-order valence-electron chi connectivity index (χ4n) is 6.24. The molecular formula is C29H39N5O3. The highest BCUT2D eigenvalue weighted by atomic mass is 16.2. The van der Waals surface area contributed by atoms with Crippen LogP contribution >= 0.6 is 0 Å². The highest BCUT2D eigenvalue weighted by molar-refractivity contribution is 5.94. The molecule has 1 saturated carbocycles. The molecule has 0 unspecified atom stereocenters. The molecule has 3 amide bonds. The van der Waals surface area contributed by atoms with Gasteiger partial charge in [0.1, 0.15) is 5.69 Å². The first kappa shape index (κ1) is 25.5. The second-order valence-corrected chi connectivity index (χ2v) is 11.1. The lowest BCUT2D eigenvalue weighted by molar-refractivity contribution is -0.130. The molecule has 198 valence electrons. The molecule has 8 nitrogen and oxygen atoms in total. The average molecular weight is 506 g/mol. The standard InChI is InChI=1S/C29H39N5O3/c1-21(35)32-15-11-22(12-16-32)19-30-27(36)25-9-10-26-29(13-4-14-29)33(17-18-34(25)26)20-23-5-7-24(8-6-23)28(37)31(2)3/h5-10,22H,4,11-20H2,1-3H3,(H,30,36). The number of piperidine rings is 1. The van der Waals surface area contributed by atoms with Crippen molar-refractivity contribution in [1.29, 1.82) is 0 Å². The average Bonchev–Trinajstić information content (AvgIpc) is 3.31. The normalized spacial score (nSPS) is 19.3. The molecule has 2 aromatic rings. The molecule has 2 fully saturated rings. The Morgan fingerprint density at radius 3 is 2.27 bits per heavy atom. The Morgan fingerprint density at radius 1 is 0.973 bits per heavy atom. The molecule has 1 aromatic carbocycles. The Hall–Kier alpha value is -3.13. The predicted octanol–water partition coefficient (Wildman–Crippen LogP) is 3.07. The zero-order chi connectivity index (χ0) is 26.2. The second-order valence-electron chi connectivity index (χ2n) is 11.1. The summed E-state index contributed by atoms with van der Waals surface area (Å²) in [5, 5.41) is 3.18. The SMILES string of the molecule is CC(=O)N1CCC(CNC(=O)c2ccc3n2CCN(Cc2ccc(C(=O)N(C)C)cc2)C32CCC2)CC1. The van der Waals surface area contributed by atoms with E-state index in [1.165, 1.54) is 17.7 Å². The quantitative estimate of drug-likeness (QED) is 0.655. The van der Waals surface area contributed by atoms with Gasteiger partial charge in [-0.1, -0.05) is 12.1 Å². The maximum Gasteiger partial charge on any atom is 0.267 e. The molecule has 1 saturated heterocycles. The fourth-order valence-corrected chi connectivity index (χ4v) is 6.24. The van der Waals surface area contributed by atoms with Gasteiger partial charge < -0.3 is 19.7 Å². The van der Waals surface area contributed by atoms with Crippen molar-refractivity contribution in [2.75, 3.05) is 40.3 Å². The number of carbonyl (C=O) groups excluding carboxylic acids is 3. The Balaban J connectivity index is 1.24. The van der Waals surface area contributed by atoms with Gasteiger partial charge >= 0.3 is 0 Å². The highest BCUT2D eigenvalue weighted by Gasteiger charge is 2.48. The van der Waals surface area contributed by atoms with Crippen LogP contribution in [0, 0.1) is 5.92 Å². The van der Waals surface area contributed by atoms with Gasteiger partial charge in [-0.2, -0.15) is 0 Å². The van der Waals surface area contributed by atoms with Crippen molar-refractivity contribution in [3.63, 3.8) is 0 Å². The highest BCUT2D eigenvalue weighted by Crippen LogP contribution is 2.49. The van der Waals surface area contributed by atoms with Gasteiger partial charge in [0.2, 0.25) is 5.91 Å². The molecule has 0 radical (unpaired) electrons. The van der Waals surface area contributed by atoms with Crippen LogP contribution in [0.3, 0.4) is 0 Å². The minimum absolute atomic E-state index is 0.00400. The third-order valence-electron chi connectivity index (χ3n) is 8.66. The smallest absolute Gasteiger partial charge is 0.267 e. The van der Waals surface area contributed by atoms with Crippen LogP contribution in [0.5, 0.6) is 0 Å². The van der Waals surface area contributed by atoms with Crippen LogP contribution < -0.4 is 5.32 Å². The molecule has 37 heavy (non-hydrogen) atoms. The number of aromatic nitrogens is 1. The summed E-state index contributed by atoms with van der Waals surface area (Å²) in [5.41, 5.74) is 3.90. The second kappa shape index (κ2) is 10.3. The molecule has 3 heterocycles. The minimum Gasteiger partial charge on any atom is -0.350 e. The number of likely N-dealkylation sites (tertiary alicyclic amines) is 1. The molecule has 5 rings (SSSR count). The molecule has 1 aromatic heterocycles. The molecule has 1 spiro atoms. The van der Waals surface area contributed by atoms with Gasteiger partial charge in [0.15, 0.2) is 0 Å². The van der Waals surface area contributed by atoms with Gasteiger partial charge in [0, 0.05) is 71.5 Å². The van der Waals surface area contributed by atoms with Crippen LogP contribution in [0.4, 0.5) is 0 Å². The Morgan fingerprint density at radius 2 is 1.68 bits per heavy atom. The molecule has 1 N–H and O–H groups in total. The van der Waals surface area contributed by atoms with Crippen LogP contribution in [0.2, 0.25) is 0 Å². The number of rotatable bonds is 6. The van der Waals surface area contributed by atoms with Crippen LogP contribution in [0.25, 0.3) is 0 Å². The fraction of sp³-hybridized carbons (Fsp3) is 0.552. The molecule has 0 atom stereocenters. The van der Waals surface area contributed by atoms with E-state index < -0.39 is 0 Å². The summed E-state index contributed by atoms with van der Waals surface area (Å²) >= 11 is 0. The van der Waals surface area contributed by atoms with Crippen molar-refractivity contribution in [3.05, 3.63) is 58.9 Å². The van der Waals surface area contributed by atoms with Crippen LogP contribution in [-0.2, 0) is 23.4 Å². The van der Waals surface area contributed by atoms with Crippen molar-refractivity contribution in [3.8, 4) is 0 Å². The van der Waals surface area contributed by atoms with Crippen LogP contribution in [0.15, 0.2) is 36.4 Å². The van der Waals surface area contributed by atoms with Crippen molar-refractivity contribution < 1.29 is 14.4 Å². The van der Waals surface area contributed by atoms with E-state index in [1.54, 1.807) is 25.9 Å². The summed E-state index contributed by atoms with van der Waals surface area (Å²) in [6.07, 6.45) is 5.27. The number of nitrogens with one attached hydrogen (secondary N) is 1. The Labute approximate surface area is 219 Å². The summed E-state index contributed by atoms with van der Waals surface area (Å²) in [5.74, 6) is 0.579. The van der Waals surface area contributed by atoms with E-state index >= 15 is 0 Å². The first-order valence-electron chi connectivity index (χ1n) is 13.6. The van der Waals surface area contributed by atoms with E-state index in [2.05, 4.69) is 33.0 Å². The maximum absolute atomic E-state index is 13.2. The lowest BCUT2D eigenvalue weighted by Gasteiger charge is -2.53. The lowest BCUT2D eigenvalue weighted by Crippen LogP contribution is -2.56. The maximum atomic E-state index is 13.2. The van der Waals surface area contributed by atoms with E-state index in [1.807, 2.05) is 23.1 Å². The Bertz CT molecular complexity index is 1160. The van der Waals surface area contributed by atoms with Crippen molar-refractivity contribution >= 4 is 17.7 Å². The van der Waals surface area contributed by atoms with E-state index in [0.717, 1.165) is 64.1 Å². The summed E-state index contributed by atoms with van der Waals surface area (Å²) in [6, 6.07) is 12.1. The van der Waals surface area contributed by atoms with E-state index in [4.69, 9.17) is 0 Å². The van der Waals surface area contributed by atoms with E-state index in [9.17, 15) is 14.4 Å². The monoisotopic (exact) mass is 505 g/mol. The van der Waals surface area contributed by atoms with Gasteiger partial charge in [-0.25, -0.2) is 0 Å². The minimum atomic E-state index is -0.0194. The van der Waals surface area contributed by atoms with Crippen molar-refractivity contribution in [2.24, 2.45) is 5.92 Å². The number of hydrogen-bond donors (Lipinski definition) is 1. The first-order valence-corrected chi connectivity index (χ1v) is 13.6. The third kappa shape index (κ3) is 4.91. The number of carbonyl (C=O) groups is 3. The number of amides is 3. The molecular weight excluding hydrogens is 466 g/mol. The van der Waals surface area contributed by atoms with Gasteiger partial charge in [-0.15, -0.1) is 0 Å². The van der Waals surface area contributed by atoms with Crippen LogP contribution in [-0.4, -0.2) is 77.3 Å². The summed E-state index contributed by atoms with van der Waals surface area (Å²) in [6.45, 7) is 6.37. The molecule has 3 aliphatic rings. The summed E-state index contributed by atoms with van der Waals surface area (Å²) in [4.78, 5) is 43.0. The number of fused-ring (bicyclic) bond motifs is 2. The third-order valence-corrected chi connectivity index (χ3v) is 8.66. The van der Waals surface area contributed by atoms with E-state index in [0.29, 0.717) is 18.0 Å². The van der Waals surface area contributed by atoms with Crippen molar-refractivity contribution in [2.45, 2.75) is 57.7 Å². The van der Waals surface area contributed by atoms with Gasteiger partial charge in [0.05, 0.1) is 5.54 Å². The first-order chi connectivity index (χ1) is 17.8. The number of nitrogens with zero attached hydrogens (tertiary/aromatic N) is 4. The largest absolute Gasteiger partial charge is 0.350 e. The Kier molecular flexibility index (Phi) is 7.12. The topological polar surface area (TPSA) is 77.9 Å². The van der Waals surface area contributed by atoms with Crippen LogP contribution in [0.1, 0.15) is 71.1 Å². The zero-order valence-corrected chi connectivity index (χ0v) is 22.3.